The zero-order valence-electron chi connectivity index (χ0n) is 9.76. The van der Waals surface area contributed by atoms with Crippen molar-refractivity contribution in [3.05, 3.63) is 28.2 Å². The van der Waals surface area contributed by atoms with Crippen molar-refractivity contribution in [2.24, 2.45) is 0 Å². The Balaban J connectivity index is 2.42. The maximum Gasteiger partial charge on any atom is 0.0652 e. The average Bonchev–Trinajstić information content (AvgIpc) is 2.27. The third kappa shape index (κ3) is 4.20. The summed E-state index contributed by atoms with van der Waals surface area (Å²) in [4.78, 5) is 2.36. The van der Waals surface area contributed by atoms with Crippen molar-refractivity contribution in [3.63, 3.8) is 0 Å². The lowest BCUT2D eigenvalue weighted by Gasteiger charge is -2.18. The first-order valence-corrected chi connectivity index (χ1v) is 6.34. The number of hydrogen-bond donors (Lipinski definition) is 1. The van der Waals surface area contributed by atoms with Crippen LogP contribution >= 0.6 is 23.2 Å². The second-order valence-corrected chi connectivity index (χ2v) is 4.42. The van der Waals surface area contributed by atoms with E-state index < -0.39 is 0 Å². The monoisotopic (exact) mass is 260 g/mol. The normalized spacial score (nSPS) is 10.8. The molecule has 1 aromatic rings. The molecule has 1 aromatic carbocycles. The zero-order chi connectivity index (χ0) is 12.0. The van der Waals surface area contributed by atoms with Crippen LogP contribution in [0.4, 0.5) is 5.69 Å². The molecule has 0 bridgehead atoms. The second-order valence-electron chi connectivity index (χ2n) is 3.58. The van der Waals surface area contributed by atoms with E-state index in [-0.39, 0.29) is 0 Å². The summed E-state index contributed by atoms with van der Waals surface area (Å²) in [5.74, 6) is 0. The highest BCUT2D eigenvalue weighted by Gasteiger charge is 2.02. The minimum Gasteiger partial charge on any atom is -0.383 e. The molecule has 0 aliphatic heterocycles. The van der Waals surface area contributed by atoms with Gasteiger partial charge in [-0.3, -0.25) is 0 Å². The number of likely N-dealkylation sites (N-methyl/N-ethyl adjacent to an activating group) is 1. The quantitative estimate of drug-likeness (QED) is 0.839. The third-order valence-corrected chi connectivity index (χ3v) is 3.12. The molecular weight excluding hydrogens is 243 g/mol. The summed E-state index contributed by atoms with van der Waals surface area (Å²) in [6.07, 6.45) is 0. The number of hydrogen-bond acceptors (Lipinski definition) is 2. The maximum atomic E-state index is 6.05. The van der Waals surface area contributed by atoms with Gasteiger partial charge in [-0.1, -0.05) is 37.0 Å². The van der Waals surface area contributed by atoms with Gasteiger partial charge in [0.15, 0.2) is 0 Å². The van der Waals surface area contributed by atoms with Crippen molar-refractivity contribution in [1.29, 1.82) is 0 Å². The Morgan fingerprint density at radius 1 is 1.19 bits per heavy atom. The molecule has 16 heavy (non-hydrogen) atoms. The minimum absolute atomic E-state index is 0.666. The molecule has 0 spiro atoms. The lowest BCUT2D eigenvalue weighted by molar-refractivity contribution is 0.316. The van der Waals surface area contributed by atoms with E-state index in [1.807, 2.05) is 12.1 Å². The van der Waals surface area contributed by atoms with E-state index in [4.69, 9.17) is 23.2 Å². The molecule has 2 nitrogen and oxygen atoms in total. The van der Waals surface area contributed by atoms with E-state index in [0.29, 0.717) is 10.0 Å². The van der Waals surface area contributed by atoms with Crippen LogP contribution in [0.2, 0.25) is 10.0 Å². The number of nitrogens with zero attached hydrogens (tertiary/aromatic N) is 1. The molecule has 0 unspecified atom stereocenters. The predicted octanol–water partition coefficient (Wildman–Crippen LogP) is 3.75. The Bertz CT molecular complexity index is 325. The molecule has 0 saturated heterocycles. The summed E-state index contributed by atoms with van der Waals surface area (Å²) in [6, 6.07) is 5.50. The Morgan fingerprint density at radius 2 is 1.88 bits per heavy atom. The van der Waals surface area contributed by atoms with E-state index in [1.54, 1.807) is 6.07 Å². The summed E-state index contributed by atoms with van der Waals surface area (Å²) in [5, 5.41) is 4.65. The topological polar surface area (TPSA) is 15.3 Å². The summed E-state index contributed by atoms with van der Waals surface area (Å²) in [6.45, 7) is 8.39. The van der Waals surface area contributed by atoms with Crippen molar-refractivity contribution in [1.82, 2.24) is 4.90 Å². The Hall–Kier alpha value is -0.440. The van der Waals surface area contributed by atoms with E-state index in [1.165, 1.54) is 0 Å². The summed E-state index contributed by atoms with van der Waals surface area (Å²) in [7, 11) is 0. The first kappa shape index (κ1) is 13.6. The number of benzene rings is 1. The van der Waals surface area contributed by atoms with Crippen molar-refractivity contribution in [2.75, 3.05) is 31.5 Å². The lowest BCUT2D eigenvalue weighted by Crippen LogP contribution is -2.28. The molecule has 0 saturated carbocycles. The molecule has 0 fully saturated rings. The average molecular weight is 261 g/mol. The van der Waals surface area contributed by atoms with Gasteiger partial charge in [0.05, 0.1) is 10.7 Å². The molecule has 0 radical (unpaired) electrons. The SMILES string of the molecule is CCN(CC)CCNc1ccc(Cl)cc1Cl. The zero-order valence-corrected chi connectivity index (χ0v) is 11.3. The van der Waals surface area contributed by atoms with Gasteiger partial charge in [-0.2, -0.15) is 0 Å². The van der Waals surface area contributed by atoms with Gasteiger partial charge in [-0.15, -0.1) is 0 Å². The third-order valence-electron chi connectivity index (χ3n) is 2.57. The first-order chi connectivity index (χ1) is 7.67. The molecule has 0 aromatic heterocycles. The standard InChI is InChI=1S/C12H18Cl2N2/c1-3-16(4-2)8-7-15-12-6-5-10(13)9-11(12)14/h5-6,9,15H,3-4,7-8H2,1-2H3. The maximum absolute atomic E-state index is 6.05. The van der Waals surface area contributed by atoms with Gasteiger partial charge in [-0.25, -0.2) is 0 Å². The van der Waals surface area contributed by atoms with Crippen LogP contribution in [0, 0.1) is 0 Å². The van der Waals surface area contributed by atoms with Crippen molar-refractivity contribution in [2.45, 2.75) is 13.8 Å². The van der Waals surface area contributed by atoms with Crippen molar-refractivity contribution < 1.29 is 0 Å². The van der Waals surface area contributed by atoms with Crippen LogP contribution in [0.15, 0.2) is 18.2 Å². The van der Waals surface area contributed by atoms with Crippen LogP contribution in [0.25, 0.3) is 0 Å². The van der Waals surface area contributed by atoms with Crippen LogP contribution in [0.1, 0.15) is 13.8 Å². The van der Waals surface area contributed by atoms with Gasteiger partial charge < -0.3 is 10.2 Å². The first-order valence-electron chi connectivity index (χ1n) is 5.58. The van der Waals surface area contributed by atoms with Gasteiger partial charge >= 0.3 is 0 Å². The second kappa shape index (κ2) is 7.00. The molecule has 1 N–H and O–H groups in total. The lowest BCUT2D eigenvalue weighted by atomic mass is 10.3. The van der Waals surface area contributed by atoms with E-state index in [2.05, 4.69) is 24.1 Å². The van der Waals surface area contributed by atoms with E-state index in [9.17, 15) is 0 Å². The molecule has 0 aliphatic carbocycles. The Kier molecular flexibility index (Phi) is 5.96. The van der Waals surface area contributed by atoms with Gasteiger partial charge in [0.1, 0.15) is 0 Å². The van der Waals surface area contributed by atoms with Crippen LogP contribution in [0.3, 0.4) is 0 Å². The summed E-state index contributed by atoms with van der Waals surface area (Å²) < 4.78 is 0. The molecule has 0 aliphatic rings. The molecular formula is C12H18Cl2N2. The molecule has 90 valence electrons. The van der Waals surface area contributed by atoms with Crippen LogP contribution in [-0.4, -0.2) is 31.1 Å². The minimum atomic E-state index is 0.666. The molecule has 4 heteroatoms. The van der Waals surface area contributed by atoms with Crippen LogP contribution in [0.5, 0.6) is 0 Å². The predicted molar refractivity (Wildman–Crippen MR) is 72.7 cm³/mol. The molecule has 0 atom stereocenters. The van der Waals surface area contributed by atoms with E-state index in [0.717, 1.165) is 31.9 Å². The largest absolute Gasteiger partial charge is 0.383 e. The van der Waals surface area contributed by atoms with Gasteiger partial charge in [0.2, 0.25) is 0 Å². The molecule has 1 rings (SSSR count). The Labute approximate surface area is 108 Å². The number of halogens is 2. The fourth-order valence-electron chi connectivity index (χ4n) is 1.52. The van der Waals surface area contributed by atoms with Gasteiger partial charge in [-0.05, 0) is 31.3 Å². The van der Waals surface area contributed by atoms with Gasteiger partial charge in [0, 0.05) is 18.1 Å². The highest BCUT2D eigenvalue weighted by Crippen LogP contribution is 2.24. The van der Waals surface area contributed by atoms with E-state index >= 15 is 0 Å². The highest BCUT2D eigenvalue weighted by molar-refractivity contribution is 6.36. The van der Waals surface area contributed by atoms with Crippen molar-refractivity contribution in [3.8, 4) is 0 Å². The number of nitrogens with one attached hydrogen (secondary N) is 1. The highest BCUT2D eigenvalue weighted by atomic mass is 35.5. The van der Waals surface area contributed by atoms with Crippen LogP contribution < -0.4 is 5.32 Å². The molecule has 0 amide bonds. The summed E-state index contributed by atoms with van der Waals surface area (Å²) in [5.41, 5.74) is 0.943. The van der Waals surface area contributed by atoms with Crippen LogP contribution in [-0.2, 0) is 0 Å². The molecule has 0 heterocycles. The fraction of sp³-hybridized carbons (Fsp3) is 0.500. The van der Waals surface area contributed by atoms with Crippen molar-refractivity contribution >= 4 is 28.9 Å². The fourth-order valence-corrected chi connectivity index (χ4v) is 2.00. The van der Waals surface area contributed by atoms with Gasteiger partial charge in [0.25, 0.3) is 0 Å². The smallest absolute Gasteiger partial charge is 0.0652 e. The Morgan fingerprint density at radius 3 is 2.44 bits per heavy atom. The number of rotatable bonds is 6. The number of anilines is 1. The summed E-state index contributed by atoms with van der Waals surface area (Å²) >= 11 is 11.9.